The number of aryl methyl sites for hydroxylation is 1. The van der Waals surface area contributed by atoms with Crippen LogP contribution in [0.15, 0.2) is 42.5 Å². The maximum absolute atomic E-state index is 12.9. The molecule has 156 valence electrons. The number of nitrogens with zero attached hydrogens (tertiary/aromatic N) is 2. The van der Waals surface area contributed by atoms with Crippen LogP contribution in [0.2, 0.25) is 0 Å². The fourth-order valence-corrected chi connectivity index (χ4v) is 5.37. The van der Waals surface area contributed by atoms with Crippen LogP contribution in [-0.2, 0) is 24.2 Å². The van der Waals surface area contributed by atoms with Crippen molar-refractivity contribution in [2.45, 2.75) is 51.5 Å². The highest BCUT2D eigenvalue weighted by molar-refractivity contribution is 6.02. The van der Waals surface area contributed by atoms with E-state index >= 15 is 0 Å². The summed E-state index contributed by atoms with van der Waals surface area (Å²) in [6.07, 6.45) is 6.25. The third kappa shape index (κ3) is 3.93. The van der Waals surface area contributed by atoms with E-state index in [-0.39, 0.29) is 11.7 Å². The van der Waals surface area contributed by atoms with E-state index in [2.05, 4.69) is 47.4 Å². The minimum Gasteiger partial charge on any atom is -0.312 e. The van der Waals surface area contributed by atoms with Gasteiger partial charge in [0, 0.05) is 31.5 Å². The summed E-state index contributed by atoms with van der Waals surface area (Å²) < 4.78 is 0. The number of rotatable bonds is 6. The number of piperidine rings is 1. The Kier molecular flexibility index (Phi) is 5.43. The number of hydrogen-bond donors (Lipinski definition) is 0. The zero-order valence-electron chi connectivity index (χ0n) is 17.6. The lowest BCUT2D eigenvalue weighted by molar-refractivity contribution is -0.118. The van der Waals surface area contributed by atoms with Crippen molar-refractivity contribution in [2.24, 2.45) is 5.92 Å². The lowest BCUT2D eigenvalue weighted by Crippen LogP contribution is -2.33. The zero-order chi connectivity index (χ0) is 20.5. The van der Waals surface area contributed by atoms with Gasteiger partial charge in [-0.05, 0) is 79.9 Å². The number of anilines is 1. The molecule has 2 aromatic rings. The molecule has 0 N–H and O–H groups in total. The molecule has 3 aliphatic heterocycles. The van der Waals surface area contributed by atoms with Gasteiger partial charge in [-0.1, -0.05) is 30.3 Å². The molecule has 4 nitrogen and oxygen atoms in total. The van der Waals surface area contributed by atoms with Crippen LogP contribution in [0.25, 0.3) is 0 Å². The van der Waals surface area contributed by atoms with E-state index in [1.54, 1.807) is 0 Å². The van der Waals surface area contributed by atoms with Gasteiger partial charge >= 0.3 is 0 Å². The molecule has 3 aliphatic rings. The van der Waals surface area contributed by atoms with Crippen molar-refractivity contribution in [3.05, 3.63) is 64.7 Å². The molecule has 0 aromatic heterocycles. The van der Waals surface area contributed by atoms with Crippen molar-refractivity contribution in [1.82, 2.24) is 4.90 Å². The largest absolute Gasteiger partial charge is 0.312 e. The molecule has 0 aliphatic carbocycles. The highest BCUT2D eigenvalue weighted by Crippen LogP contribution is 2.38. The number of likely N-dealkylation sites (tertiary alicyclic amines) is 1. The van der Waals surface area contributed by atoms with Gasteiger partial charge in [0.25, 0.3) is 0 Å². The fourth-order valence-electron chi connectivity index (χ4n) is 5.37. The highest BCUT2D eigenvalue weighted by Gasteiger charge is 2.32. The molecule has 0 unspecified atom stereocenters. The van der Waals surface area contributed by atoms with Crippen molar-refractivity contribution >= 4 is 17.4 Å². The molecule has 3 heterocycles. The number of carbonyl (C=O) groups excluding carboxylic acids is 2. The summed E-state index contributed by atoms with van der Waals surface area (Å²) >= 11 is 0. The Labute approximate surface area is 178 Å². The number of benzene rings is 2. The first kappa shape index (κ1) is 19.5. The Morgan fingerprint density at radius 3 is 2.43 bits per heavy atom. The van der Waals surface area contributed by atoms with Crippen molar-refractivity contribution in [1.29, 1.82) is 0 Å². The van der Waals surface area contributed by atoms with Crippen LogP contribution in [0.5, 0.6) is 0 Å². The van der Waals surface area contributed by atoms with Crippen LogP contribution in [-0.4, -0.2) is 36.2 Å². The second-order valence-electron chi connectivity index (χ2n) is 9.11. The summed E-state index contributed by atoms with van der Waals surface area (Å²) in [5.74, 6) is 1.16. The topological polar surface area (TPSA) is 40.6 Å². The van der Waals surface area contributed by atoms with Gasteiger partial charge in [-0.15, -0.1) is 0 Å². The molecule has 5 rings (SSSR count). The SMILES string of the molecule is O=C(CCC1CCN(Cc2ccccc2)CC1)c1cc2c3c(c1)CCN3C(=O)CC2. The Balaban J connectivity index is 1.15. The maximum atomic E-state index is 12.9. The van der Waals surface area contributed by atoms with Gasteiger partial charge in [-0.3, -0.25) is 14.5 Å². The molecule has 0 atom stereocenters. The van der Waals surface area contributed by atoms with E-state index in [1.807, 2.05) is 4.90 Å². The first-order valence-corrected chi connectivity index (χ1v) is 11.4. The Morgan fingerprint density at radius 2 is 1.67 bits per heavy atom. The molecule has 0 saturated carbocycles. The Morgan fingerprint density at radius 1 is 0.933 bits per heavy atom. The molecule has 30 heavy (non-hydrogen) atoms. The predicted octanol–water partition coefficient (Wildman–Crippen LogP) is 4.40. The average Bonchev–Trinajstić information content (AvgIpc) is 3.22. The minimum atomic E-state index is 0.235. The summed E-state index contributed by atoms with van der Waals surface area (Å²) in [5, 5.41) is 0. The van der Waals surface area contributed by atoms with E-state index in [0.29, 0.717) is 18.8 Å². The molecule has 0 spiro atoms. The normalized spacial score (nSPS) is 19.2. The average molecular weight is 403 g/mol. The van der Waals surface area contributed by atoms with Crippen molar-refractivity contribution in [3.8, 4) is 0 Å². The third-order valence-electron chi connectivity index (χ3n) is 7.11. The van der Waals surface area contributed by atoms with E-state index in [1.165, 1.54) is 29.5 Å². The number of carbonyl (C=O) groups is 2. The van der Waals surface area contributed by atoms with Crippen molar-refractivity contribution in [2.75, 3.05) is 24.5 Å². The third-order valence-corrected chi connectivity index (χ3v) is 7.11. The second kappa shape index (κ2) is 8.35. The lowest BCUT2D eigenvalue weighted by Gasteiger charge is -2.32. The van der Waals surface area contributed by atoms with Gasteiger partial charge < -0.3 is 4.90 Å². The van der Waals surface area contributed by atoms with E-state index in [0.717, 1.165) is 56.7 Å². The van der Waals surface area contributed by atoms with Gasteiger partial charge in [0.15, 0.2) is 5.78 Å². The number of ketones is 1. The zero-order valence-corrected chi connectivity index (χ0v) is 17.6. The van der Waals surface area contributed by atoms with Crippen LogP contribution in [0, 0.1) is 5.92 Å². The molecule has 1 fully saturated rings. The van der Waals surface area contributed by atoms with Crippen LogP contribution in [0.4, 0.5) is 5.69 Å². The minimum absolute atomic E-state index is 0.235. The summed E-state index contributed by atoms with van der Waals surface area (Å²) in [6.45, 7) is 4.06. The highest BCUT2D eigenvalue weighted by atomic mass is 16.2. The van der Waals surface area contributed by atoms with Crippen LogP contribution >= 0.6 is 0 Å². The molecular weight excluding hydrogens is 372 g/mol. The second-order valence-corrected chi connectivity index (χ2v) is 9.11. The van der Waals surface area contributed by atoms with Gasteiger partial charge in [0.2, 0.25) is 5.91 Å². The monoisotopic (exact) mass is 402 g/mol. The molecule has 2 aromatic carbocycles. The summed E-state index contributed by atoms with van der Waals surface area (Å²) in [5.41, 5.74) is 5.74. The standard InChI is InChI=1S/C26H30N2O2/c29-24(23-16-21-7-9-25(30)28-15-12-22(17-23)26(21)28)8-6-19-10-13-27(14-11-19)18-20-4-2-1-3-5-20/h1-5,16-17,19H,6-15,18H2. The molecule has 4 heteroatoms. The molecule has 1 amide bonds. The van der Waals surface area contributed by atoms with Gasteiger partial charge in [0.1, 0.15) is 0 Å². The quantitative estimate of drug-likeness (QED) is 0.673. The smallest absolute Gasteiger partial charge is 0.227 e. The molecule has 1 saturated heterocycles. The number of Topliss-reactive ketones (excluding diaryl/α,β-unsaturated/α-hetero) is 1. The van der Waals surface area contributed by atoms with Crippen LogP contribution < -0.4 is 4.90 Å². The first-order chi connectivity index (χ1) is 14.7. The van der Waals surface area contributed by atoms with E-state index in [9.17, 15) is 9.59 Å². The first-order valence-electron chi connectivity index (χ1n) is 11.4. The van der Waals surface area contributed by atoms with Crippen molar-refractivity contribution < 1.29 is 9.59 Å². The predicted molar refractivity (Wildman–Crippen MR) is 119 cm³/mol. The molecule has 0 bridgehead atoms. The Hall–Kier alpha value is -2.46. The summed E-state index contributed by atoms with van der Waals surface area (Å²) in [6, 6.07) is 14.8. The number of hydrogen-bond acceptors (Lipinski definition) is 3. The van der Waals surface area contributed by atoms with Crippen LogP contribution in [0.3, 0.4) is 0 Å². The van der Waals surface area contributed by atoms with Crippen molar-refractivity contribution in [3.63, 3.8) is 0 Å². The van der Waals surface area contributed by atoms with Gasteiger partial charge in [-0.25, -0.2) is 0 Å². The van der Waals surface area contributed by atoms with Gasteiger partial charge in [0.05, 0.1) is 5.69 Å². The van der Waals surface area contributed by atoms with Crippen LogP contribution in [0.1, 0.15) is 59.2 Å². The molecule has 0 radical (unpaired) electrons. The summed E-state index contributed by atoms with van der Waals surface area (Å²) in [7, 11) is 0. The lowest BCUT2D eigenvalue weighted by atomic mass is 9.89. The number of amides is 1. The van der Waals surface area contributed by atoms with E-state index in [4.69, 9.17) is 0 Å². The Bertz CT molecular complexity index is 945. The molecular formula is C26H30N2O2. The van der Waals surface area contributed by atoms with E-state index < -0.39 is 0 Å². The summed E-state index contributed by atoms with van der Waals surface area (Å²) in [4.78, 5) is 29.5. The van der Waals surface area contributed by atoms with Gasteiger partial charge in [-0.2, -0.15) is 0 Å². The fraction of sp³-hybridized carbons (Fsp3) is 0.462. The maximum Gasteiger partial charge on any atom is 0.227 e.